The van der Waals surface area contributed by atoms with Gasteiger partial charge in [0.15, 0.2) is 23.0 Å². The minimum absolute atomic E-state index is 0. The second-order valence-corrected chi connectivity index (χ2v) is 9.58. The summed E-state index contributed by atoms with van der Waals surface area (Å²) in [5.74, 6) is 3.17. The summed E-state index contributed by atoms with van der Waals surface area (Å²) >= 11 is 0. The van der Waals surface area contributed by atoms with Crippen LogP contribution >= 0.6 is 0 Å². The smallest absolute Gasteiger partial charge is 0.216 e. The largest absolute Gasteiger partial charge is 1.00 e. The Morgan fingerprint density at radius 2 is 1.53 bits per heavy atom. The highest BCUT2D eigenvalue weighted by molar-refractivity contribution is 5.88. The Labute approximate surface area is 220 Å². The normalized spacial score (nSPS) is 15.0. The van der Waals surface area contributed by atoms with E-state index in [4.69, 9.17) is 18.9 Å². The number of methoxy groups -OCH3 is 3. The van der Waals surface area contributed by atoms with Crippen LogP contribution in [0.2, 0.25) is 0 Å². The van der Waals surface area contributed by atoms with Gasteiger partial charge in [0.1, 0.15) is 7.05 Å². The lowest BCUT2D eigenvalue weighted by Crippen LogP contribution is -3.00. The third-order valence-corrected chi connectivity index (χ3v) is 7.52. The van der Waals surface area contributed by atoms with Crippen molar-refractivity contribution in [2.75, 3.05) is 47.6 Å². The van der Waals surface area contributed by atoms with E-state index < -0.39 is 0 Å². The molecule has 0 amide bonds. The highest BCUT2D eigenvalue weighted by Gasteiger charge is 2.29. The number of likely N-dealkylation sites (tertiary alicyclic amines) is 1. The van der Waals surface area contributed by atoms with Crippen LogP contribution < -0.4 is 35.9 Å². The maximum atomic E-state index is 6.41. The molecule has 0 bridgehead atoms. The van der Waals surface area contributed by atoms with Gasteiger partial charge in [-0.2, -0.15) is 4.57 Å². The van der Waals surface area contributed by atoms with Gasteiger partial charge in [0.2, 0.25) is 11.2 Å². The minimum atomic E-state index is 0. The van der Waals surface area contributed by atoms with Gasteiger partial charge in [0, 0.05) is 18.2 Å². The first-order valence-corrected chi connectivity index (χ1v) is 12.8. The summed E-state index contributed by atoms with van der Waals surface area (Å²) in [7, 11) is 7.24. The van der Waals surface area contributed by atoms with Crippen LogP contribution in [0.15, 0.2) is 30.3 Å². The summed E-state index contributed by atoms with van der Waals surface area (Å²) in [6.45, 7) is 4.22. The molecule has 1 aliphatic heterocycles. The van der Waals surface area contributed by atoms with E-state index in [9.17, 15) is 0 Å². The fourth-order valence-corrected chi connectivity index (χ4v) is 5.70. The molecule has 7 heteroatoms. The van der Waals surface area contributed by atoms with Crippen molar-refractivity contribution in [3.63, 3.8) is 0 Å². The van der Waals surface area contributed by atoms with E-state index in [0.717, 1.165) is 59.7 Å². The van der Waals surface area contributed by atoms with Crippen LogP contribution in [0.4, 0.5) is 0 Å². The van der Waals surface area contributed by atoms with Crippen LogP contribution in [-0.4, -0.2) is 52.5 Å². The zero-order valence-electron chi connectivity index (χ0n) is 21.9. The van der Waals surface area contributed by atoms with Crippen molar-refractivity contribution < 1.29 is 35.9 Å². The van der Waals surface area contributed by atoms with E-state index in [0.29, 0.717) is 6.61 Å². The second-order valence-electron chi connectivity index (χ2n) is 9.58. The van der Waals surface area contributed by atoms with Crippen molar-refractivity contribution in [2.45, 2.75) is 38.5 Å². The number of aryl methyl sites for hydroxylation is 3. The fourth-order valence-electron chi connectivity index (χ4n) is 5.70. The molecule has 0 unspecified atom stereocenters. The first kappa shape index (κ1) is 26.4. The highest BCUT2D eigenvalue weighted by atomic mass is 35.5. The van der Waals surface area contributed by atoms with Crippen LogP contribution in [0.3, 0.4) is 0 Å². The van der Waals surface area contributed by atoms with Crippen molar-refractivity contribution in [3.05, 3.63) is 41.5 Å². The lowest BCUT2D eigenvalue weighted by atomic mass is 9.87. The van der Waals surface area contributed by atoms with Crippen molar-refractivity contribution in [1.29, 1.82) is 0 Å². The first-order valence-electron chi connectivity index (χ1n) is 12.8. The number of rotatable bonds is 8. The number of benzene rings is 2. The molecule has 6 nitrogen and oxygen atoms in total. The monoisotopic (exact) mass is 512 g/mol. The zero-order valence-corrected chi connectivity index (χ0v) is 22.6. The van der Waals surface area contributed by atoms with Crippen molar-refractivity contribution >= 4 is 10.9 Å². The molecule has 0 spiro atoms. The number of nitrogens with zero attached hydrogens (tertiary/aromatic N) is 2. The van der Waals surface area contributed by atoms with Gasteiger partial charge >= 0.3 is 0 Å². The maximum absolute atomic E-state index is 6.41. The number of pyridine rings is 1. The minimum Gasteiger partial charge on any atom is -1.00 e. The highest BCUT2D eigenvalue weighted by Crippen LogP contribution is 2.42. The number of halogens is 1. The third-order valence-electron chi connectivity index (χ3n) is 7.52. The summed E-state index contributed by atoms with van der Waals surface area (Å²) in [6, 6.07) is 10.7. The molecule has 2 heterocycles. The van der Waals surface area contributed by atoms with E-state index in [-0.39, 0.29) is 12.4 Å². The summed E-state index contributed by atoms with van der Waals surface area (Å²) in [5.41, 5.74) is 6.14. The van der Waals surface area contributed by atoms with Crippen molar-refractivity contribution in [2.24, 2.45) is 7.05 Å². The number of aromatic nitrogens is 1. The van der Waals surface area contributed by atoms with Gasteiger partial charge in [0.05, 0.1) is 38.9 Å². The average Bonchev–Trinajstić information content (AvgIpc) is 2.90. The summed E-state index contributed by atoms with van der Waals surface area (Å²) in [6.07, 6.45) is 6.96. The van der Waals surface area contributed by atoms with Crippen molar-refractivity contribution in [3.8, 4) is 34.3 Å². The van der Waals surface area contributed by atoms with Gasteiger partial charge in [-0.3, -0.25) is 0 Å². The molecular weight excluding hydrogens is 476 g/mol. The van der Waals surface area contributed by atoms with Crippen LogP contribution in [-0.2, 0) is 19.9 Å². The Morgan fingerprint density at radius 1 is 0.833 bits per heavy atom. The predicted octanol–water partition coefficient (Wildman–Crippen LogP) is 1.71. The van der Waals surface area contributed by atoms with E-state index in [1.165, 1.54) is 54.7 Å². The lowest BCUT2D eigenvalue weighted by Gasteiger charge is -2.26. The third kappa shape index (κ3) is 4.94. The number of ether oxygens (including phenoxy) is 4. The van der Waals surface area contributed by atoms with E-state index >= 15 is 0 Å². The molecule has 1 fully saturated rings. The molecule has 194 valence electrons. The molecule has 0 atom stereocenters. The van der Waals surface area contributed by atoms with Crippen LogP contribution in [0.1, 0.15) is 36.8 Å². The Bertz CT molecular complexity index is 1220. The quantitative estimate of drug-likeness (QED) is 0.340. The number of hydrogen-bond acceptors (Lipinski definition) is 5. The Hall–Kier alpha value is -2.70. The molecule has 1 aliphatic carbocycles. The summed E-state index contributed by atoms with van der Waals surface area (Å²) < 4.78 is 25.6. The Balaban J connectivity index is 0.00000304. The van der Waals surface area contributed by atoms with Crippen LogP contribution in [0, 0.1) is 0 Å². The SMILES string of the molecule is COc1cc2c(cc1OC)-c1c(cc3c(OCCCN4CCCCC4)c(OC)ccc3[n+]1C)CC2.[Cl-]. The molecular formula is C29H37ClN2O4. The molecule has 0 radical (unpaired) electrons. The van der Waals surface area contributed by atoms with Crippen LogP contribution in [0.25, 0.3) is 22.2 Å². The molecule has 2 aromatic carbocycles. The molecule has 0 N–H and O–H groups in total. The molecule has 3 aromatic rings. The molecule has 5 rings (SSSR count). The Morgan fingerprint density at radius 3 is 2.25 bits per heavy atom. The summed E-state index contributed by atoms with van der Waals surface area (Å²) in [5, 5.41) is 1.10. The topological polar surface area (TPSA) is 44.0 Å². The molecule has 1 aromatic heterocycles. The lowest BCUT2D eigenvalue weighted by molar-refractivity contribution is -0.634. The number of piperidine rings is 1. The van der Waals surface area contributed by atoms with Gasteiger partial charge in [-0.25, -0.2) is 0 Å². The summed E-state index contributed by atoms with van der Waals surface area (Å²) in [4.78, 5) is 2.56. The fraction of sp³-hybridized carbons (Fsp3) is 0.483. The van der Waals surface area contributed by atoms with Gasteiger partial charge in [-0.1, -0.05) is 6.42 Å². The molecule has 0 saturated carbocycles. The van der Waals surface area contributed by atoms with Crippen LogP contribution in [0.5, 0.6) is 23.0 Å². The van der Waals surface area contributed by atoms with Gasteiger partial charge in [-0.05, 0) is 75.0 Å². The molecule has 1 saturated heterocycles. The Kier molecular flexibility index (Phi) is 8.47. The van der Waals surface area contributed by atoms with E-state index in [1.807, 2.05) is 6.07 Å². The average molecular weight is 513 g/mol. The molecule has 2 aliphatic rings. The van der Waals surface area contributed by atoms with Gasteiger partial charge < -0.3 is 36.3 Å². The maximum Gasteiger partial charge on any atom is 0.216 e. The van der Waals surface area contributed by atoms with Crippen molar-refractivity contribution in [1.82, 2.24) is 4.90 Å². The standard InChI is InChI=1S/C29H37N2O4.ClH/c1-30-24-11-12-25(32-2)29(35-16-8-15-31-13-6-5-7-14-31)23(24)17-21-10-9-20-18-26(33-3)27(34-4)19-22(20)28(21)30;/h11-12,17-19H,5-10,13-16H2,1-4H3;1H/q+1;/p-1. The van der Waals surface area contributed by atoms with Gasteiger partial charge in [-0.15, -0.1) is 0 Å². The zero-order chi connectivity index (χ0) is 24.4. The van der Waals surface area contributed by atoms with E-state index in [2.05, 4.69) is 40.8 Å². The number of fused-ring (bicyclic) bond motifs is 4. The van der Waals surface area contributed by atoms with E-state index in [1.54, 1.807) is 21.3 Å². The predicted molar refractivity (Wildman–Crippen MR) is 138 cm³/mol. The second kappa shape index (κ2) is 11.6. The first-order chi connectivity index (χ1) is 17.1. The van der Waals surface area contributed by atoms with Gasteiger partial charge in [0.25, 0.3) is 0 Å². The molecule has 36 heavy (non-hydrogen) atoms. The number of hydrogen-bond donors (Lipinski definition) is 0.